The lowest BCUT2D eigenvalue weighted by Gasteiger charge is -2.04. The maximum absolute atomic E-state index is 12.3. The van der Waals surface area contributed by atoms with Crippen LogP contribution in [-0.2, 0) is 0 Å². The second-order valence-corrected chi connectivity index (χ2v) is 6.67. The summed E-state index contributed by atoms with van der Waals surface area (Å²) < 4.78 is 0. The molecule has 0 spiro atoms. The number of hydrogen-bond donors (Lipinski definition) is 0. The van der Waals surface area contributed by atoms with Crippen LogP contribution in [0.1, 0.15) is 23.0 Å². The quantitative estimate of drug-likeness (QED) is 0.612. The van der Waals surface area contributed by atoms with Crippen LogP contribution in [-0.4, -0.2) is 20.8 Å². The Kier molecular flexibility index (Phi) is 5.46. The van der Waals surface area contributed by atoms with Gasteiger partial charge in [0.15, 0.2) is 5.16 Å². The highest BCUT2D eigenvalue weighted by Crippen LogP contribution is 2.26. The number of benzene rings is 1. The first-order valence-electron chi connectivity index (χ1n) is 6.04. The molecule has 0 aliphatic rings. The Morgan fingerprint density at radius 1 is 1.30 bits per heavy atom. The molecule has 0 fully saturated rings. The van der Waals surface area contributed by atoms with Crippen molar-refractivity contribution in [3.8, 4) is 0 Å². The van der Waals surface area contributed by atoms with E-state index in [0.29, 0.717) is 5.16 Å². The Balaban J connectivity index is 2.19. The van der Waals surface area contributed by atoms with Gasteiger partial charge in [-0.05, 0) is 36.6 Å². The number of carbonyl (C=O) groups excluding carboxylic acids is 1. The Labute approximate surface area is 131 Å². The van der Waals surface area contributed by atoms with Crippen LogP contribution in [0.5, 0.6) is 0 Å². The smallest absolute Gasteiger partial charge is 0.244 e. The van der Waals surface area contributed by atoms with Crippen molar-refractivity contribution in [2.45, 2.75) is 23.9 Å². The van der Waals surface area contributed by atoms with E-state index in [-0.39, 0.29) is 15.8 Å². The molecule has 3 nitrogen and oxygen atoms in total. The van der Waals surface area contributed by atoms with Crippen LogP contribution >= 0.6 is 35.1 Å². The highest BCUT2D eigenvalue weighted by Gasteiger charge is 2.15. The largest absolute Gasteiger partial charge is 0.279 e. The SMILES string of the molecule is CCSc1ncc(Cl)c(C(=O)Sc2ccc(C)cc2)n1. The fourth-order valence-corrected chi connectivity index (χ4v) is 2.97. The van der Waals surface area contributed by atoms with Crippen molar-refractivity contribution in [3.05, 3.63) is 46.7 Å². The molecule has 0 saturated heterocycles. The highest BCUT2D eigenvalue weighted by atomic mass is 35.5. The fraction of sp³-hybridized carbons (Fsp3) is 0.214. The van der Waals surface area contributed by atoms with E-state index in [0.717, 1.165) is 28.0 Å². The van der Waals surface area contributed by atoms with Gasteiger partial charge in [0, 0.05) is 4.90 Å². The van der Waals surface area contributed by atoms with Crippen LogP contribution in [0.4, 0.5) is 0 Å². The number of aromatic nitrogens is 2. The molecule has 1 heterocycles. The summed E-state index contributed by atoms with van der Waals surface area (Å²) in [6.45, 7) is 4.01. The topological polar surface area (TPSA) is 42.9 Å². The third-order valence-electron chi connectivity index (χ3n) is 2.42. The number of hydrogen-bond acceptors (Lipinski definition) is 5. The minimum absolute atomic E-state index is 0.167. The predicted molar refractivity (Wildman–Crippen MR) is 84.8 cm³/mol. The molecule has 6 heteroatoms. The van der Waals surface area contributed by atoms with Gasteiger partial charge in [-0.3, -0.25) is 4.79 Å². The van der Waals surface area contributed by atoms with E-state index in [2.05, 4.69) is 9.97 Å². The number of thioether (sulfide) groups is 2. The lowest BCUT2D eigenvalue weighted by molar-refractivity contribution is 0.108. The molecule has 0 aliphatic carbocycles. The number of carbonyl (C=O) groups is 1. The Morgan fingerprint density at radius 3 is 2.65 bits per heavy atom. The molecule has 1 aromatic heterocycles. The molecule has 104 valence electrons. The molecular weight excluding hydrogens is 312 g/mol. The zero-order chi connectivity index (χ0) is 14.5. The number of nitrogens with zero attached hydrogens (tertiary/aromatic N) is 2. The van der Waals surface area contributed by atoms with Crippen molar-refractivity contribution in [1.29, 1.82) is 0 Å². The van der Waals surface area contributed by atoms with Crippen LogP contribution in [0.25, 0.3) is 0 Å². The first-order chi connectivity index (χ1) is 9.60. The van der Waals surface area contributed by atoms with Gasteiger partial charge in [0.25, 0.3) is 0 Å². The van der Waals surface area contributed by atoms with Gasteiger partial charge in [-0.15, -0.1) is 0 Å². The van der Waals surface area contributed by atoms with E-state index in [1.54, 1.807) is 0 Å². The van der Waals surface area contributed by atoms with Crippen LogP contribution in [0, 0.1) is 6.92 Å². The molecule has 0 radical (unpaired) electrons. The Morgan fingerprint density at radius 2 is 2.00 bits per heavy atom. The summed E-state index contributed by atoms with van der Waals surface area (Å²) in [6, 6.07) is 7.76. The van der Waals surface area contributed by atoms with Crippen LogP contribution in [0.2, 0.25) is 5.02 Å². The molecule has 2 aromatic rings. The molecule has 0 saturated carbocycles. The minimum Gasteiger partial charge on any atom is -0.279 e. The van der Waals surface area contributed by atoms with Gasteiger partial charge >= 0.3 is 0 Å². The molecule has 0 unspecified atom stereocenters. The first-order valence-corrected chi connectivity index (χ1v) is 8.22. The van der Waals surface area contributed by atoms with Crippen molar-refractivity contribution in [2.75, 3.05) is 5.75 Å². The highest BCUT2D eigenvalue weighted by molar-refractivity contribution is 8.14. The average Bonchev–Trinajstić information content (AvgIpc) is 2.43. The fourth-order valence-electron chi connectivity index (χ4n) is 1.45. The molecule has 0 aliphatic heterocycles. The predicted octanol–water partition coefficient (Wildman–Crippen LogP) is 4.48. The number of rotatable bonds is 4. The van der Waals surface area contributed by atoms with Gasteiger partial charge < -0.3 is 0 Å². The van der Waals surface area contributed by atoms with E-state index < -0.39 is 0 Å². The summed E-state index contributed by atoms with van der Waals surface area (Å²) in [6.07, 6.45) is 1.48. The van der Waals surface area contributed by atoms with E-state index in [1.165, 1.54) is 18.0 Å². The van der Waals surface area contributed by atoms with E-state index >= 15 is 0 Å². The molecule has 1 aromatic carbocycles. The Hall–Kier alpha value is -1.04. The van der Waals surface area contributed by atoms with Gasteiger partial charge in [-0.25, -0.2) is 9.97 Å². The maximum atomic E-state index is 12.3. The lowest BCUT2D eigenvalue weighted by Crippen LogP contribution is -2.01. The zero-order valence-electron chi connectivity index (χ0n) is 11.1. The third-order valence-corrected chi connectivity index (χ3v) is 4.33. The van der Waals surface area contributed by atoms with Crippen LogP contribution in [0.15, 0.2) is 40.5 Å². The first kappa shape index (κ1) is 15.4. The monoisotopic (exact) mass is 324 g/mol. The second kappa shape index (κ2) is 7.11. The van der Waals surface area contributed by atoms with E-state index in [4.69, 9.17) is 11.6 Å². The summed E-state index contributed by atoms with van der Waals surface area (Å²) in [5.41, 5.74) is 1.42. The van der Waals surface area contributed by atoms with Gasteiger partial charge in [0.1, 0.15) is 5.69 Å². The summed E-state index contributed by atoms with van der Waals surface area (Å²) in [4.78, 5) is 21.4. The van der Waals surface area contributed by atoms with Gasteiger partial charge in [-0.2, -0.15) is 0 Å². The molecular formula is C14H13ClN2OS2. The van der Waals surface area contributed by atoms with Crippen LogP contribution < -0.4 is 0 Å². The second-order valence-electron chi connectivity index (χ2n) is 3.98. The maximum Gasteiger partial charge on any atom is 0.244 e. The molecule has 0 amide bonds. The Bertz CT molecular complexity index is 617. The van der Waals surface area contributed by atoms with Gasteiger partial charge in [0.2, 0.25) is 5.12 Å². The summed E-state index contributed by atoms with van der Waals surface area (Å²) >= 11 is 8.62. The normalized spacial score (nSPS) is 10.6. The third kappa shape index (κ3) is 3.98. The minimum atomic E-state index is -0.167. The summed E-state index contributed by atoms with van der Waals surface area (Å²) in [5.74, 6) is 0.848. The molecule has 0 bridgehead atoms. The standard InChI is InChI=1S/C14H13ClN2OS2/c1-3-19-14-16-8-11(15)12(17-14)13(18)20-10-6-4-9(2)5-7-10/h4-8H,3H2,1-2H3. The molecule has 0 atom stereocenters. The average molecular weight is 325 g/mol. The van der Waals surface area contributed by atoms with Gasteiger partial charge in [-0.1, -0.05) is 48.0 Å². The van der Waals surface area contributed by atoms with Crippen molar-refractivity contribution in [3.63, 3.8) is 0 Å². The van der Waals surface area contributed by atoms with Crippen molar-refractivity contribution in [2.24, 2.45) is 0 Å². The number of aryl methyl sites for hydroxylation is 1. The molecule has 0 N–H and O–H groups in total. The molecule has 2 rings (SSSR count). The zero-order valence-corrected chi connectivity index (χ0v) is 13.5. The van der Waals surface area contributed by atoms with Crippen molar-refractivity contribution in [1.82, 2.24) is 9.97 Å². The van der Waals surface area contributed by atoms with Crippen molar-refractivity contribution >= 4 is 40.2 Å². The lowest BCUT2D eigenvalue weighted by atomic mass is 10.2. The van der Waals surface area contributed by atoms with E-state index in [9.17, 15) is 4.79 Å². The molecule has 20 heavy (non-hydrogen) atoms. The van der Waals surface area contributed by atoms with E-state index in [1.807, 2.05) is 38.1 Å². The van der Waals surface area contributed by atoms with Crippen LogP contribution in [0.3, 0.4) is 0 Å². The van der Waals surface area contributed by atoms with Crippen molar-refractivity contribution < 1.29 is 4.79 Å². The number of halogens is 1. The summed E-state index contributed by atoms with van der Waals surface area (Å²) in [5, 5.41) is 0.694. The summed E-state index contributed by atoms with van der Waals surface area (Å²) in [7, 11) is 0. The van der Waals surface area contributed by atoms with Gasteiger partial charge in [0.05, 0.1) is 11.2 Å².